The second kappa shape index (κ2) is 5.37. The Labute approximate surface area is 99.1 Å². The summed E-state index contributed by atoms with van der Waals surface area (Å²) in [6.45, 7) is 11.8. The Balaban J connectivity index is 3.05. The van der Waals surface area contributed by atoms with E-state index in [1.54, 1.807) is 0 Å². The number of rotatable bonds is 5. The first-order valence-corrected chi connectivity index (χ1v) is 6.33. The molecule has 1 heterocycles. The normalized spacial score (nSPS) is 11.7. The Morgan fingerprint density at radius 1 is 1.25 bits per heavy atom. The lowest BCUT2D eigenvalue weighted by Crippen LogP contribution is -2.10. The SMILES string of the molecule is CCC(CC)c1nc(C)n(CC(C)C)c1N. The van der Waals surface area contributed by atoms with Crippen molar-refractivity contribution in [3.63, 3.8) is 0 Å². The van der Waals surface area contributed by atoms with Gasteiger partial charge in [0.2, 0.25) is 0 Å². The van der Waals surface area contributed by atoms with Crippen LogP contribution in [0.1, 0.15) is 58.0 Å². The minimum absolute atomic E-state index is 0.507. The summed E-state index contributed by atoms with van der Waals surface area (Å²) in [6, 6.07) is 0. The molecule has 92 valence electrons. The zero-order chi connectivity index (χ0) is 12.3. The number of nitrogens with zero attached hydrogens (tertiary/aromatic N) is 2. The van der Waals surface area contributed by atoms with E-state index in [-0.39, 0.29) is 0 Å². The lowest BCUT2D eigenvalue weighted by atomic mass is 9.99. The molecule has 16 heavy (non-hydrogen) atoms. The van der Waals surface area contributed by atoms with Crippen molar-refractivity contribution in [2.24, 2.45) is 5.92 Å². The highest BCUT2D eigenvalue weighted by atomic mass is 15.1. The Morgan fingerprint density at radius 3 is 2.25 bits per heavy atom. The molecule has 0 unspecified atom stereocenters. The van der Waals surface area contributed by atoms with Crippen molar-refractivity contribution in [3.05, 3.63) is 11.5 Å². The van der Waals surface area contributed by atoms with E-state index >= 15 is 0 Å². The van der Waals surface area contributed by atoms with Gasteiger partial charge in [-0.15, -0.1) is 0 Å². The van der Waals surface area contributed by atoms with Crippen molar-refractivity contribution in [1.82, 2.24) is 9.55 Å². The average molecular weight is 223 g/mol. The highest BCUT2D eigenvalue weighted by Gasteiger charge is 2.18. The van der Waals surface area contributed by atoms with Gasteiger partial charge in [0, 0.05) is 12.5 Å². The smallest absolute Gasteiger partial charge is 0.127 e. The molecule has 2 N–H and O–H groups in total. The molecule has 0 aliphatic rings. The first kappa shape index (κ1) is 13.1. The quantitative estimate of drug-likeness (QED) is 0.832. The van der Waals surface area contributed by atoms with E-state index in [9.17, 15) is 0 Å². The maximum Gasteiger partial charge on any atom is 0.127 e. The first-order valence-electron chi connectivity index (χ1n) is 6.33. The molecule has 0 saturated heterocycles. The molecule has 0 aromatic carbocycles. The first-order chi connectivity index (χ1) is 7.51. The van der Waals surface area contributed by atoms with E-state index < -0.39 is 0 Å². The number of nitrogen functional groups attached to an aromatic ring is 1. The zero-order valence-corrected chi connectivity index (χ0v) is 11.2. The van der Waals surface area contributed by atoms with Crippen LogP contribution < -0.4 is 5.73 Å². The van der Waals surface area contributed by atoms with E-state index in [1.807, 2.05) is 6.92 Å². The molecule has 0 bridgehead atoms. The minimum Gasteiger partial charge on any atom is -0.384 e. The molecule has 0 aliphatic carbocycles. The van der Waals surface area contributed by atoms with Crippen LogP contribution in [-0.4, -0.2) is 9.55 Å². The summed E-state index contributed by atoms with van der Waals surface area (Å²) >= 11 is 0. The second-order valence-corrected chi connectivity index (χ2v) is 4.95. The van der Waals surface area contributed by atoms with E-state index in [4.69, 9.17) is 5.73 Å². The number of aromatic nitrogens is 2. The van der Waals surface area contributed by atoms with Gasteiger partial charge in [-0.2, -0.15) is 0 Å². The molecule has 0 spiro atoms. The van der Waals surface area contributed by atoms with Crippen molar-refractivity contribution in [3.8, 4) is 0 Å². The van der Waals surface area contributed by atoms with Crippen LogP contribution in [0, 0.1) is 12.8 Å². The van der Waals surface area contributed by atoms with Crippen LogP contribution >= 0.6 is 0 Å². The summed E-state index contributed by atoms with van der Waals surface area (Å²) in [6.07, 6.45) is 2.22. The van der Waals surface area contributed by atoms with Crippen LogP contribution in [0.15, 0.2) is 0 Å². The topological polar surface area (TPSA) is 43.8 Å². The van der Waals surface area contributed by atoms with E-state index in [0.29, 0.717) is 11.8 Å². The van der Waals surface area contributed by atoms with Crippen molar-refractivity contribution in [2.45, 2.75) is 59.9 Å². The molecule has 1 aromatic heterocycles. The summed E-state index contributed by atoms with van der Waals surface area (Å²) < 4.78 is 2.15. The second-order valence-electron chi connectivity index (χ2n) is 4.95. The van der Waals surface area contributed by atoms with Crippen LogP contribution in [0.25, 0.3) is 0 Å². The van der Waals surface area contributed by atoms with Crippen LogP contribution in [0.3, 0.4) is 0 Å². The number of anilines is 1. The van der Waals surface area contributed by atoms with Gasteiger partial charge >= 0.3 is 0 Å². The number of hydrogen-bond acceptors (Lipinski definition) is 2. The summed E-state index contributed by atoms with van der Waals surface area (Å²) in [5.41, 5.74) is 7.31. The molecule has 0 amide bonds. The standard InChI is InChI=1S/C13H25N3/c1-6-11(7-2)12-13(14)16(8-9(3)4)10(5)15-12/h9,11H,6-8,14H2,1-5H3. The summed E-state index contributed by atoms with van der Waals surface area (Å²) in [4.78, 5) is 4.64. The van der Waals surface area contributed by atoms with E-state index in [1.165, 1.54) is 0 Å². The third-order valence-corrected chi connectivity index (χ3v) is 3.15. The molecule has 1 aromatic rings. The fourth-order valence-electron chi connectivity index (χ4n) is 2.18. The predicted octanol–water partition coefficient (Wildman–Crippen LogP) is 3.33. The Hall–Kier alpha value is -0.990. The van der Waals surface area contributed by atoms with Gasteiger partial charge in [0.1, 0.15) is 11.6 Å². The van der Waals surface area contributed by atoms with Crippen LogP contribution in [0.4, 0.5) is 5.82 Å². The number of imidazole rings is 1. The minimum atomic E-state index is 0.507. The maximum absolute atomic E-state index is 6.20. The lowest BCUT2D eigenvalue weighted by molar-refractivity contribution is 0.518. The molecule has 3 nitrogen and oxygen atoms in total. The Kier molecular flexibility index (Phi) is 4.39. The summed E-state index contributed by atoms with van der Waals surface area (Å²) in [5, 5.41) is 0. The third-order valence-electron chi connectivity index (χ3n) is 3.15. The molecule has 0 saturated carbocycles. The largest absolute Gasteiger partial charge is 0.384 e. The van der Waals surface area contributed by atoms with Gasteiger partial charge in [-0.05, 0) is 25.7 Å². The highest BCUT2D eigenvalue weighted by molar-refractivity contribution is 5.40. The monoisotopic (exact) mass is 223 g/mol. The number of hydrogen-bond donors (Lipinski definition) is 1. The zero-order valence-electron chi connectivity index (χ0n) is 11.2. The van der Waals surface area contributed by atoms with Crippen molar-refractivity contribution < 1.29 is 0 Å². The Morgan fingerprint density at radius 2 is 1.81 bits per heavy atom. The van der Waals surface area contributed by atoms with Crippen LogP contribution in [0.5, 0.6) is 0 Å². The van der Waals surface area contributed by atoms with Crippen molar-refractivity contribution in [2.75, 3.05) is 5.73 Å². The van der Waals surface area contributed by atoms with E-state index in [2.05, 4.69) is 37.2 Å². The van der Waals surface area contributed by atoms with Crippen LogP contribution in [-0.2, 0) is 6.54 Å². The van der Waals surface area contributed by atoms with Crippen molar-refractivity contribution >= 4 is 5.82 Å². The van der Waals surface area contributed by atoms with Gasteiger partial charge in [-0.3, -0.25) is 0 Å². The lowest BCUT2D eigenvalue weighted by Gasteiger charge is -2.13. The highest BCUT2D eigenvalue weighted by Crippen LogP contribution is 2.28. The fourth-order valence-corrected chi connectivity index (χ4v) is 2.18. The van der Waals surface area contributed by atoms with Gasteiger partial charge in [-0.25, -0.2) is 4.98 Å². The van der Waals surface area contributed by atoms with Gasteiger partial charge < -0.3 is 10.3 Å². The number of nitrogens with two attached hydrogens (primary N) is 1. The fraction of sp³-hybridized carbons (Fsp3) is 0.769. The molecular weight excluding hydrogens is 198 g/mol. The van der Waals surface area contributed by atoms with Gasteiger partial charge in [0.25, 0.3) is 0 Å². The van der Waals surface area contributed by atoms with Gasteiger partial charge in [-0.1, -0.05) is 27.7 Å². The third kappa shape index (κ3) is 2.57. The Bertz CT molecular complexity index is 335. The molecular formula is C13H25N3. The molecule has 0 aliphatic heterocycles. The molecule has 3 heteroatoms. The van der Waals surface area contributed by atoms with Gasteiger partial charge in [0.15, 0.2) is 0 Å². The van der Waals surface area contributed by atoms with Crippen molar-refractivity contribution in [1.29, 1.82) is 0 Å². The molecule has 0 atom stereocenters. The summed E-state index contributed by atoms with van der Waals surface area (Å²) in [5.74, 6) is 3.03. The van der Waals surface area contributed by atoms with Gasteiger partial charge in [0.05, 0.1) is 5.69 Å². The molecule has 0 radical (unpaired) electrons. The maximum atomic E-state index is 6.20. The van der Waals surface area contributed by atoms with Crippen LogP contribution in [0.2, 0.25) is 0 Å². The molecule has 0 fully saturated rings. The average Bonchev–Trinajstić information content (AvgIpc) is 2.48. The molecule has 1 rings (SSSR count). The number of aryl methyl sites for hydroxylation is 1. The van der Waals surface area contributed by atoms with E-state index in [0.717, 1.165) is 36.7 Å². The summed E-state index contributed by atoms with van der Waals surface area (Å²) in [7, 11) is 0. The predicted molar refractivity (Wildman–Crippen MR) is 69.5 cm³/mol.